The van der Waals surface area contributed by atoms with Crippen LogP contribution in [-0.2, 0) is 13.0 Å². The summed E-state index contributed by atoms with van der Waals surface area (Å²) in [6, 6.07) is 0. The van der Waals surface area contributed by atoms with E-state index in [4.69, 9.17) is 0 Å². The first-order chi connectivity index (χ1) is 9.32. The summed E-state index contributed by atoms with van der Waals surface area (Å²) in [5, 5.41) is 15.2. The molecule has 0 saturated heterocycles. The third-order valence-corrected chi connectivity index (χ3v) is 4.92. The van der Waals surface area contributed by atoms with Crippen LogP contribution in [-0.4, -0.2) is 20.5 Å². The van der Waals surface area contributed by atoms with E-state index in [2.05, 4.69) is 39.0 Å². The van der Waals surface area contributed by atoms with E-state index in [9.17, 15) is 5.11 Å². The highest BCUT2D eigenvalue weighted by Gasteiger charge is 2.34. The first kappa shape index (κ1) is 15.6. The van der Waals surface area contributed by atoms with Crippen molar-refractivity contribution in [2.75, 3.05) is 0 Å². The Labute approximate surface area is 123 Å². The Morgan fingerprint density at radius 3 is 2.70 bits per heavy atom. The first-order valence-corrected chi connectivity index (χ1v) is 8.06. The van der Waals surface area contributed by atoms with E-state index in [1.54, 1.807) is 0 Å². The number of nitrogens with zero attached hydrogens (tertiary/aromatic N) is 2. The van der Waals surface area contributed by atoms with Crippen molar-refractivity contribution >= 4 is 0 Å². The largest absolute Gasteiger partial charge is 0.390 e. The lowest BCUT2D eigenvalue weighted by Crippen LogP contribution is -2.31. The van der Waals surface area contributed by atoms with Crippen molar-refractivity contribution in [1.82, 2.24) is 9.78 Å². The fourth-order valence-corrected chi connectivity index (χ4v) is 3.48. The first-order valence-electron chi connectivity index (χ1n) is 8.06. The molecular formula is C17H30N2O. The summed E-state index contributed by atoms with van der Waals surface area (Å²) in [6.45, 7) is 9.96. The van der Waals surface area contributed by atoms with Gasteiger partial charge in [-0.25, -0.2) is 0 Å². The van der Waals surface area contributed by atoms with Gasteiger partial charge in [-0.3, -0.25) is 4.68 Å². The molecule has 20 heavy (non-hydrogen) atoms. The Kier molecular flexibility index (Phi) is 4.58. The maximum Gasteiger partial charge on any atom is 0.0689 e. The highest BCUT2D eigenvalue weighted by atomic mass is 16.3. The van der Waals surface area contributed by atoms with E-state index in [1.807, 2.05) is 10.9 Å². The smallest absolute Gasteiger partial charge is 0.0689 e. The van der Waals surface area contributed by atoms with Crippen molar-refractivity contribution in [2.24, 2.45) is 11.3 Å². The topological polar surface area (TPSA) is 38.0 Å². The summed E-state index contributed by atoms with van der Waals surface area (Å²) < 4.78 is 1.94. The average Bonchev–Trinajstić information content (AvgIpc) is 2.69. The van der Waals surface area contributed by atoms with Gasteiger partial charge >= 0.3 is 0 Å². The fraction of sp³-hybridized carbons (Fsp3) is 0.824. The van der Waals surface area contributed by atoms with Gasteiger partial charge in [-0.1, -0.05) is 27.2 Å². The molecule has 1 N–H and O–H groups in total. The van der Waals surface area contributed by atoms with Crippen molar-refractivity contribution < 1.29 is 5.11 Å². The maximum atomic E-state index is 10.9. The van der Waals surface area contributed by atoms with Crippen molar-refractivity contribution in [2.45, 2.75) is 78.4 Å². The molecule has 2 unspecified atom stereocenters. The van der Waals surface area contributed by atoms with Crippen molar-refractivity contribution in [3.63, 3.8) is 0 Å². The summed E-state index contributed by atoms with van der Waals surface area (Å²) in [4.78, 5) is 0. The van der Waals surface area contributed by atoms with E-state index in [1.165, 1.54) is 12.0 Å². The van der Waals surface area contributed by atoms with E-state index in [0.717, 1.165) is 44.6 Å². The zero-order valence-electron chi connectivity index (χ0n) is 13.5. The SMILES string of the molecule is CCn1cc(CC2(O)CCCC(C(C)(C)C)CC2)cn1. The minimum atomic E-state index is -0.526. The zero-order valence-corrected chi connectivity index (χ0v) is 13.5. The summed E-state index contributed by atoms with van der Waals surface area (Å²) >= 11 is 0. The maximum absolute atomic E-state index is 10.9. The van der Waals surface area contributed by atoms with Crippen molar-refractivity contribution in [3.8, 4) is 0 Å². The van der Waals surface area contributed by atoms with Gasteiger partial charge in [-0.15, -0.1) is 0 Å². The second-order valence-electron chi connectivity index (χ2n) is 7.60. The average molecular weight is 278 g/mol. The van der Waals surface area contributed by atoms with Gasteiger partial charge in [0.15, 0.2) is 0 Å². The standard InChI is InChI=1S/C17H30N2O/c1-5-19-13-14(12-18-19)11-17(20)9-6-7-15(8-10-17)16(2,3)4/h12-13,15,20H,5-11H2,1-4H3. The molecule has 0 spiro atoms. The molecule has 1 heterocycles. The molecule has 0 aromatic carbocycles. The summed E-state index contributed by atoms with van der Waals surface area (Å²) in [5.74, 6) is 0.731. The fourth-order valence-electron chi connectivity index (χ4n) is 3.48. The molecule has 0 aliphatic heterocycles. The van der Waals surface area contributed by atoms with Crippen LogP contribution in [0.4, 0.5) is 0 Å². The zero-order chi connectivity index (χ0) is 14.8. The second kappa shape index (κ2) is 5.88. The third kappa shape index (κ3) is 3.85. The molecular weight excluding hydrogens is 248 g/mol. The normalized spacial score (nSPS) is 28.4. The second-order valence-corrected chi connectivity index (χ2v) is 7.60. The summed E-state index contributed by atoms with van der Waals surface area (Å²) in [6.07, 6.45) is 10.1. The molecule has 1 saturated carbocycles. The van der Waals surface area contributed by atoms with E-state index in [0.29, 0.717) is 5.41 Å². The molecule has 3 nitrogen and oxygen atoms in total. The van der Waals surface area contributed by atoms with Gasteiger partial charge in [0, 0.05) is 19.2 Å². The number of aryl methyl sites for hydroxylation is 1. The van der Waals surface area contributed by atoms with Crippen molar-refractivity contribution in [3.05, 3.63) is 18.0 Å². The molecule has 2 rings (SSSR count). The quantitative estimate of drug-likeness (QED) is 0.854. The van der Waals surface area contributed by atoms with Gasteiger partial charge in [0.2, 0.25) is 0 Å². The van der Waals surface area contributed by atoms with Crippen LogP contribution in [0, 0.1) is 11.3 Å². The lowest BCUT2D eigenvalue weighted by Gasteiger charge is -2.31. The number of aromatic nitrogens is 2. The number of hydrogen-bond donors (Lipinski definition) is 1. The lowest BCUT2D eigenvalue weighted by molar-refractivity contribution is 0.0225. The molecule has 1 aromatic heterocycles. The van der Waals surface area contributed by atoms with Crippen LogP contribution in [0.15, 0.2) is 12.4 Å². The van der Waals surface area contributed by atoms with Gasteiger partial charge in [-0.2, -0.15) is 5.10 Å². The van der Waals surface area contributed by atoms with E-state index >= 15 is 0 Å². The van der Waals surface area contributed by atoms with Crippen LogP contribution < -0.4 is 0 Å². The molecule has 1 fully saturated rings. The molecule has 114 valence electrons. The monoisotopic (exact) mass is 278 g/mol. The van der Waals surface area contributed by atoms with Crippen LogP contribution in [0.1, 0.15) is 65.4 Å². The molecule has 0 radical (unpaired) electrons. The molecule has 0 bridgehead atoms. The Morgan fingerprint density at radius 1 is 1.35 bits per heavy atom. The van der Waals surface area contributed by atoms with Crippen LogP contribution in [0.5, 0.6) is 0 Å². The Balaban J connectivity index is 2.00. The van der Waals surface area contributed by atoms with Crippen LogP contribution >= 0.6 is 0 Å². The van der Waals surface area contributed by atoms with Gasteiger partial charge in [0.25, 0.3) is 0 Å². The van der Waals surface area contributed by atoms with Gasteiger partial charge < -0.3 is 5.11 Å². The van der Waals surface area contributed by atoms with Crippen LogP contribution in [0.2, 0.25) is 0 Å². The van der Waals surface area contributed by atoms with Crippen LogP contribution in [0.3, 0.4) is 0 Å². The van der Waals surface area contributed by atoms with E-state index < -0.39 is 5.60 Å². The molecule has 1 aliphatic carbocycles. The molecule has 0 amide bonds. The molecule has 3 heteroatoms. The predicted octanol–water partition coefficient (Wildman–Crippen LogP) is 3.80. The van der Waals surface area contributed by atoms with E-state index in [-0.39, 0.29) is 0 Å². The third-order valence-electron chi connectivity index (χ3n) is 4.92. The Hall–Kier alpha value is -0.830. The molecule has 1 aliphatic rings. The predicted molar refractivity (Wildman–Crippen MR) is 82.6 cm³/mol. The van der Waals surface area contributed by atoms with Crippen LogP contribution in [0.25, 0.3) is 0 Å². The summed E-state index contributed by atoms with van der Waals surface area (Å²) in [5.41, 5.74) is 1.00. The van der Waals surface area contributed by atoms with Gasteiger partial charge in [0.05, 0.1) is 11.8 Å². The molecule has 2 atom stereocenters. The highest BCUT2D eigenvalue weighted by molar-refractivity contribution is 5.09. The number of aliphatic hydroxyl groups is 1. The number of rotatable bonds is 3. The lowest BCUT2D eigenvalue weighted by atomic mass is 9.76. The minimum Gasteiger partial charge on any atom is -0.390 e. The Bertz CT molecular complexity index is 432. The Morgan fingerprint density at radius 2 is 2.10 bits per heavy atom. The number of hydrogen-bond acceptors (Lipinski definition) is 2. The van der Waals surface area contributed by atoms with Gasteiger partial charge in [-0.05, 0) is 49.5 Å². The molecule has 1 aromatic rings. The van der Waals surface area contributed by atoms with Crippen molar-refractivity contribution in [1.29, 1.82) is 0 Å². The summed E-state index contributed by atoms with van der Waals surface area (Å²) in [7, 11) is 0. The van der Waals surface area contributed by atoms with Gasteiger partial charge in [0.1, 0.15) is 0 Å². The minimum absolute atomic E-state index is 0.359. The highest BCUT2D eigenvalue weighted by Crippen LogP contribution is 2.40.